The molecule has 0 spiro atoms. The van der Waals surface area contributed by atoms with Crippen molar-refractivity contribution in [2.45, 2.75) is 32.5 Å². The summed E-state index contributed by atoms with van der Waals surface area (Å²) >= 11 is 5.81. The lowest BCUT2D eigenvalue weighted by molar-refractivity contribution is -0.914. The predicted octanol–water partition coefficient (Wildman–Crippen LogP) is 1.36. The number of nitrogens with one attached hydrogen (secondary N) is 2. The highest BCUT2D eigenvalue weighted by Crippen LogP contribution is 2.13. The number of morpholine rings is 1. The first kappa shape index (κ1) is 15.3. The highest BCUT2D eigenvalue weighted by molar-refractivity contribution is 6.30. The number of carbonyl (C=O) groups excluding carboxylic acids is 1. The van der Waals surface area contributed by atoms with Crippen LogP contribution >= 0.6 is 11.6 Å². The first-order valence-corrected chi connectivity index (χ1v) is 7.45. The lowest BCUT2D eigenvalue weighted by Gasteiger charge is -2.32. The molecule has 1 saturated heterocycles. The summed E-state index contributed by atoms with van der Waals surface area (Å²) in [5.41, 5.74) is 0.790. The highest BCUT2D eigenvalue weighted by atomic mass is 35.5. The van der Waals surface area contributed by atoms with Gasteiger partial charge in [-0.1, -0.05) is 11.6 Å². The van der Waals surface area contributed by atoms with Gasteiger partial charge in [0, 0.05) is 10.7 Å². The predicted molar refractivity (Wildman–Crippen MR) is 80.3 cm³/mol. The zero-order valence-corrected chi connectivity index (χ0v) is 12.7. The Balaban J connectivity index is 1.76. The van der Waals surface area contributed by atoms with Crippen LogP contribution in [0.3, 0.4) is 0 Å². The van der Waals surface area contributed by atoms with Gasteiger partial charge in [-0.3, -0.25) is 4.79 Å². The van der Waals surface area contributed by atoms with E-state index in [1.807, 2.05) is 12.1 Å². The number of carbonyl (C=O) groups is 1. The molecule has 2 atom stereocenters. The Morgan fingerprint density at radius 3 is 2.50 bits per heavy atom. The van der Waals surface area contributed by atoms with Gasteiger partial charge in [-0.05, 0) is 38.1 Å². The summed E-state index contributed by atoms with van der Waals surface area (Å²) in [6.07, 6.45) is 1.07. The van der Waals surface area contributed by atoms with Crippen LogP contribution in [0.2, 0.25) is 5.02 Å². The number of rotatable bonds is 4. The number of halogens is 1. The fraction of sp³-hybridized carbons (Fsp3) is 0.533. The van der Waals surface area contributed by atoms with Gasteiger partial charge in [-0.25, -0.2) is 0 Å². The minimum atomic E-state index is 0.0478. The van der Waals surface area contributed by atoms with Crippen molar-refractivity contribution in [1.29, 1.82) is 0 Å². The van der Waals surface area contributed by atoms with Crippen molar-refractivity contribution in [2.75, 3.05) is 25.0 Å². The maximum Gasteiger partial charge on any atom is 0.230 e. The maximum atomic E-state index is 11.9. The Morgan fingerprint density at radius 2 is 1.90 bits per heavy atom. The van der Waals surface area contributed by atoms with Crippen LogP contribution < -0.4 is 10.2 Å². The van der Waals surface area contributed by atoms with Crippen molar-refractivity contribution in [3.05, 3.63) is 29.3 Å². The number of ether oxygens (including phenoxy) is 1. The largest absolute Gasteiger partial charge is 0.364 e. The molecule has 1 aliphatic rings. The highest BCUT2D eigenvalue weighted by Gasteiger charge is 2.25. The normalized spacial score (nSPS) is 26.2. The van der Waals surface area contributed by atoms with Gasteiger partial charge in [0.1, 0.15) is 25.3 Å². The first-order chi connectivity index (χ1) is 9.52. The second-order valence-corrected chi connectivity index (χ2v) is 5.91. The zero-order valence-electron chi connectivity index (χ0n) is 12.0. The molecular formula is C15H22ClN2O2+. The van der Waals surface area contributed by atoms with Crippen molar-refractivity contribution in [1.82, 2.24) is 0 Å². The lowest BCUT2D eigenvalue weighted by atomic mass is 10.2. The van der Waals surface area contributed by atoms with E-state index in [0.29, 0.717) is 11.4 Å². The van der Waals surface area contributed by atoms with Crippen LogP contribution in [0.25, 0.3) is 0 Å². The van der Waals surface area contributed by atoms with Gasteiger partial charge < -0.3 is 15.0 Å². The van der Waals surface area contributed by atoms with E-state index in [0.717, 1.165) is 25.3 Å². The molecule has 2 N–H and O–H groups in total. The molecule has 1 aromatic carbocycles. The van der Waals surface area contributed by atoms with Gasteiger partial charge in [0.2, 0.25) is 5.91 Å². The topological polar surface area (TPSA) is 42.8 Å². The Bertz CT molecular complexity index is 440. The Morgan fingerprint density at radius 1 is 1.30 bits per heavy atom. The average Bonchev–Trinajstić information content (AvgIpc) is 2.38. The smallest absolute Gasteiger partial charge is 0.230 e. The minimum Gasteiger partial charge on any atom is -0.364 e. The van der Waals surface area contributed by atoms with Crippen molar-refractivity contribution < 1.29 is 14.4 Å². The maximum absolute atomic E-state index is 11.9. The summed E-state index contributed by atoms with van der Waals surface area (Å²) in [6.45, 7) is 6.96. The molecule has 1 heterocycles. The molecular weight excluding hydrogens is 276 g/mol. The molecule has 110 valence electrons. The zero-order chi connectivity index (χ0) is 14.5. The first-order valence-electron chi connectivity index (χ1n) is 7.07. The number of amides is 1. The number of quaternary nitrogens is 1. The van der Waals surface area contributed by atoms with Crippen molar-refractivity contribution in [2.24, 2.45) is 0 Å². The van der Waals surface area contributed by atoms with Crippen LogP contribution in [-0.2, 0) is 9.53 Å². The standard InChI is InChI=1S/C15H21ClN2O2/c1-11-9-18(10-12(2)20-11)8-7-15(19)17-14-5-3-13(16)4-6-14/h3-6,11-12H,7-10H2,1-2H3,(H,17,19)/p+1. The molecule has 0 radical (unpaired) electrons. The van der Waals surface area contributed by atoms with E-state index in [1.165, 1.54) is 4.90 Å². The molecule has 2 unspecified atom stereocenters. The SMILES string of the molecule is CC1C[NH+](CCC(=O)Nc2ccc(Cl)cc2)CC(C)O1. The third-order valence-electron chi connectivity index (χ3n) is 3.45. The van der Waals surface area contributed by atoms with Gasteiger partial charge in [0.25, 0.3) is 0 Å². The molecule has 1 aromatic rings. The Kier molecular flexibility index (Phi) is 5.40. The van der Waals surface area contributed by atoms with Crippen LogP contribution in [-0.4, -0.2) is 37.7 Å². The minimum absolute atomic E-state index is 0.0478. The van der Waals surface area contributed by atoms with E-state index in [-0.39, 0.29) is 18.1 Å². The fourth-order valence-electron chi connectivity index (χ4n) is 2.64. The molecule has 5 heteroatoms. The van der Waals surface area contributed by atoms with Crippen LogP contribution in [0, 0.1) is 0 Å². The average molecular weight is 298 g/mol. The summed E-state index contributed by atoms with van der Waals surface area (Å²) in [5.74, 6) is 0.0478. The third kappa shape index (κ3) is 4.78. The fourth-order valence-corrected chi connectivity index (χ4v) is 2.77. The quantitative estimate of drug-likeness (QED) is 0.881. The van der Waals surface area contributed by atoms with E-state index in [9.17, 15) is 4.79 Å². The molecule has 1 amide bonds. The number of hydrogen-bond acceptors (Lipinski definition) is 2. The van der Waals surface area contributed by atoms with Crippen LogP contribution in [0.15, 0.2) is 24.3 Å². The van der Waals surface area contributed by atoms with Crippen LogP contribution in [0.5, 0.6) is 0 Å². The van der Waals surface area contributed by atoms with Crippen LogP contribution in [0.1, 0.15) is 20.3 Å². The van der Waals surface area contributed by atoms with Crippen molar-refractivity contribution in [3.8, 4) is 0 Å². The van der Waals surface area contributed by atoms with Gasteiger partial charge in [-0.15, -0.1) is 0 Å². The van der Waals surface area contributed by atoms with Crippen LogP contribution in [0.4, 0.5) is 5.69 Å². The molecule has 20 heavy (non-hydrogen) atoms. The summed E-state index contributed by atoms with van der Waals surface area (Å²) in [6, 6.07) is 7.17. The number of hydrogen-bond donors (Lipinski definition) is 2. The Labute approximate surface area is 125 Å². The summed E-state index contributed by atoms with van der Waals surface area (Å²) in [4.78, 5) is 13.3. The van der Waals surface area contributed by atoms with E-state index in [1.54, 1.807) is 12.1 Å². The number of benzene rings is 1. The van der Waals surface area contributed by atoms with E-state index < -0.39 is 0 Å². The molecule has 0 bridgehead atoms. The second kappa shape index (κ2) is 7.07. The van der Waals surface area contributed by atoms with E-state index in [4.69, 9.17) is 16.3 Å². The van der Waals surface area contributed by atoms with Gasteiger partial charge in [-0.2, -0.15) is 0 Å². The molecule has 0 aliphatic carbocycles. The summed E-state index contributed by atoms with van der Waals surface area (Å²) in [7, 11) is 0. The Hall–Kier alpha value is -1.10. The third-order valence-corrected chi connectivity index (χ3v) is 3.70. The summed E-state index contributed by atoms with van der Waals surface area (Å²) < 4.78 is 5.70. The second-order valence-electron chi connectivity index (χ2n) is 5.47. The molecule has 1 aliphatic heterocycles. The molecule has 2 rings (SSSR count). The molecule has 0 saturated carbocycles. The monoisotopic (exact) mass is 297 g/mol. The van der Waals surface area contributed by atoms with E-state index >= 15 is 0 Å². The van der Waals surface area contributed by atoms with Gasteiger partial charge in [0.05, 0.1) is 13.0 Å². The molecule has 4 nitrogen and oxygen atoms in total. The number of anilines is 1. The molecule has 0 aromatic heterocycles. The molecule has 1 fully saturated rings. The van der Waals surface area contributed by atoms with Crippen molar-refractivity contribution in [3.63, 3.8) is 0 Å². The van der Waals surface area contributed by atoms with Gasteiger partial charge in [0.15, 0.2) is 0 Å². The van der Waals surface area contributed by atoms with E-state index in [2.05, 4.69) is 19.2 Å². The van der Waals surface area contributed by atoms with Crippen molar-refractivity contribution >= 4 is 23.2 Å². The summed E-state index contributed by atoms with van der Waals surface area (Å²) in [5, 5.41) is 3.56. The lowest BCUT2D eigenvalue weighted by Crippen LogP contribution is -3.15. The van der Waals surface area contributed by atoms with Gasteiger partial charge >= 0.3 is 0 Å².